The van der Waals surface area contributed by atoms with E-state index in [1.807, 2.05) is 12.1 Å². The van der Waals surface area contributed by atoms with Crippen LogP contribution >= 0.6 is 15.9 Å². The van der Waals surface area contributed by atoms with Crippen molar-refractivity contribution in [3.63, 3.8) is 0 Å². The SMILES string of the molecule is O=Cc1cccc(Br)c1OC1CCCCC1. The van der Waals surface area contributed by atoms with Crippen molar-refractivity contribution in [3.8, 4) is 5.75 Å². The lowest BCUT2D eigenvalue weighted by molar-refractivity contribution is 0.110. The molecule has 0 bridgehead atoms. The van der Waals surface area contributed by atoms with Crippen molar-refractivity contribution in [3.05, 3.63) is 28.2 Å². The lowest BCUT2D eigenvalue weighted by Gasteiger charge is -2.24. The van der Waals surface area contributed by atoms with Gasteiger partial charge in [0, 0.05) is 0 Å². The fourth-order valence-electron chi connectivity index (χ4n) is 2.09. The molecule has 1 aliphatic rings. The standard InChI is InChI=1S/C13H15BrO2/c14-12-8-4-5-10(9-15)13(12)16-11-6-2-1-3-7-11/h4-5,8-9,11H,1-3,6-7H2. The molecule has 0 aromatic heterocycles. The Balaban J connectivity index is 2.15. The number of carbonyl (C=O) groups is 1. The maximum atomic E-state index is 10.9. The van der Waals surface area contributed by atoms with Crippen LogP contribution in [0.1, 0.15) is 42.5 Å². The van der Waals surface area contributed by atoms with E-state index in [0.29, 0.717) is 11.3 Å². The molecule has 0 amide bonds. The summed E-state index contributed by atoms with van der Waals surface area (Å²) in [6, 6.07) is 5.54. The van der Waals surface area contributed by atoms with Crippen LogP contribution in [0.25, 0.3) is 0 Å². The largest absolute Gasteiger partial charge is 0.488 e. The number of ether oxygens (including phenoxy) is 1. The molecule has 1 saturated carbocycles. The van der Waals surface area contributed by atoms with Crippen molar-refractivity contribution in [2.75, 3.05) is 0 Å². The number of hydrogen-bond donors (Lipinski definition) is 0. The quantitative estimate of drug-likeness (QED) is 0.784. The maximum absolute atomic E-state index is 10.9. The summed E-state index contributed by atoms with van der Waals surface area (Å²) in [6.07, 6.45) is 7.07. The minimum Gasteiger partial charge on any atom is -0.488 e. The summed E-state index contributed by atoms with van der Waals surface area (Å²) in [5.74, 6) is 0.699. The molecule has 1 aromatic rings. The molecule has 0 radical (unpaired) electrons. The van der Waals surface area contributed by atoms with E-state index in [4.69, 9.17) is 4.74 Å². The molecule has 0 atom stereocenters. The summed E-state index contributed by atoms with van der Waals surface area (Å²) < 4.78 is 6.79. The molecule has 0 heterocycles. The molecule has 0 aliphatic heterocycles. The highest BCUT2D eigenvalue weighted by atomic mass is 79.9. The number of hydrogen-bond acceptors (Lipinski definition) is 2. The third-order valence-corrected chi connectivity index (χ3v) is 3.59. The van der Waals surface area contributed by atoms with E-state index < -0.39 is 0 Å². The van der Waals surface area contributed by atoms with Crippen molar-refractivity contribution >= 4 is 22.2 Å². The zero-order valence-corrected chi connectivity index (χ0v) is 10.7. The molecule has 0 unspecified atom stereocenters. The second-order valence-electron chi connectivity index (χ2n) is 4.15. The summed E-state index contributed by atoms with van der Waals surface area (Å²) in [6.45, 7) is 0. The van der Waals surface area contributed by atoms with E-state index in [1.54, 1.807) is 6.07 Å². The summed E-state index contributed by atoms with van der Waals surface area (Å²) >= 11 is 3.43. The van der Waals surface area contributed by atoms with Gasteiger partial charge in [-0.05, 0) is 53.7 Å². The van der Waals surface area contributed by atoms with Gasteiger partial charge >= 0.3 is 0 Å². The van der Waals surface area contributed by atoms with Crippen molar-refractivity contribution < 1.29 is 9.53 Å². The molecule has 3 heteroatoms. The molecule has 0 saturated heterocycles. The summed E-state index contributed by atoms with van der Waals surface area (Å²) in [4.78, 5) is 10.9. The highest BCUT2D eigenvalue weighted by molar-refractivity contribution is 9.10. The first-order chi connectivity index (χ1) is 7.81. The van der Waals surface area contributed by atoms with Crippen LogP contribution in [0.5, 0.6) is 5.75 Å². The van der Waals surface area contributed by atoms with E-state index in [2.05, 4.69) is 15.9 Å². The normalized spacial score (nSPS) is 17.1. The molecule has 2 nitrogen and oxygen atoms in total. The minimum absolute atomic E-state index is 0.270. The van der Waals surface area contributed by atoms with Crippen LogP contribution in [-0.2, 0) is 0 Å². The first kappa shape index (κ1) is 11.6. The second-order valence-corrected chi connectivity index (χ2v) is 5.01. The fourth-order valence-corrected chi connectivity index (χ4v) is 2.57. The number of rotatable bonds is 3. The van der Waals surface area contributed by atoms with E-state index >= 15 is 0 Å². The lowest BCUT2D eigenvalue weighted by atomic mass is 9.98. The van der Waals surface area contributed by atoms with Gasteiger partial charge in [0.05, 0.1) is 16.1 Å². The average Bonchev–Trinajstić information content (AvgIpc) is 2.33. The van der Waals surface area contributed by atoms with Gasteiger partial charge in [0.15, 0.2) is 6.29 Å². The van der Waals surface area contributed by atoms with Crippen LogP contribution < -0.4 is 4.74 Å². The average molecular weight is 283 g/mol. The highest BCUT2D eigenvalue weighted by Crippen LogP contribution is 2.31. The Labute approximate surface area is 104 Å². The van der Waals surface area contributed by atoms with Crippen molar-refractivity contribution in [2.24, 2.45) is 0 Å². The molecule has 1 fully saturated rings. The van der Waals surface area contributed by atoms with Crippen LogP contribution in [0.15, 0.2) is 22.7 Å². The van der Waals surface area contributed by atoms with Crippen LogP contribution in [0.3, 0.4) is 0 Å². The highest BCUT2D eigenvalue weighted by Gasteiger charge is 2.17. The minimum atomic E-state index is 0.270. The maximum Gasteiger partial charge on any atom is 0.153 e. The fraction of sp³-hybridized carbons (Fsp3) is 0.462. The predicted molar refractivity (Wildman–Crippen MR) is 67.0 cm³/mol. The topological polar surface area (TPSA) is 26.3 Å². The van der Waals surface area contributed by atoms with Gasteiger partial charge in [0.2, 0.25) is 0 Å². The molecule has 0 N–H and O–H groups in total. The predicted octanol–water partition coefficient (Wildman–Crippen LogP) is 3.97. The van der Waals surface area contributed by atoms with Gasteiger partial charge in [-0.1, -0.05) is 12.5 Å². The monoisotopic (exact) mass is 282 g/mol. The zero-order valence-electron chi connectivity index (χ0n) is 9.12. The summed E-state index contributed by atoms with van der Waals surface area (Å²) in [5, 5.41) is 0. The molecule has 1 aliphatic carbocycles. The van der Waals surface area contributed by atoms with E-state index in [9.17, 15) is 4.79 Å². The van der Waals surface area contributed by atoms with Crippen molar-refractivity contribution in [2.45, 2.75) is 38.2 Å². The van der Waals surface area contributed by atoms with Gasteiger partial charge in [-0.3, -0.25) is 4.79 Å². The van der Waals surface area contributed by atoms with Gasteiger partial charge in [-0.15, -0.1) is 0 Å². The molecule has 1 aromatic carbocycles. The van der Waals surface area contributed by atoms with Crippen LogP contribution in [0.4, 0.5) is 0 Å². The summed E-state index contributed by atoms with van der Waals surface area (Å²) in [5.41, 5.74) is 0.625. The second kappa shape index (κ2) is 5.48. The van der Waals surface area contributed by atoms with Gasteiger partial charge in [0.25, 0.3) is 0 Å². The molecular weight excluding hydrogens is 268 g/mol. The van der Waals surface area contributed by atoms with Gasteiger partial charge in [0.1, 0.15) is 5.75 Å². The smallest absolute Gasteiger partial charge is 0.153 e. The first-order valence-corrected chi connectivity index (χ1v) is 6.51. The first-order valence-electron chi connectivity index (χ1n) is 5.71. The Morgan fingerprint density at radius 3 is 2.69 bits per heavy atom. The van der Waals surface area contributed by atoms with E-state index in [0.717, 1.165) is 23.6 Å². The molecular formula is C13H15BrO2. The number of carbonyl (C=O) groups excluding carboxylic acids is 1. The van der Waals surface area contributed by atoms with Gasteiger partial charge in [-0.2, -0.15) is 0 Å². The van der Waals surface area contributed by atoms with Crippen LogP contribution in [0, 0.1) is 0 Å². The third-order valence-electron chi connectivity index (χ3n) is 2.96. The van der Waals surface area contributed by atoms with Crippen LogP contribution in [-0.4, -0.2) is 12.4 Å². The summed E-state index contributed by atoms with van der Waals surface area (Å²) in [7, 11) is 0. The van der Waals surface area contributed by atoms with E-state index in [-0.39, 0.29) is 6.10 Å². The molecule has 2 rings (SSSR count). The number of para-hydroxylation sites is 1. The third kappa shape index (κ3) is 2.64. The number of aldehydes is 1. The van der Waals surface area contributed by atoms with E-state index in [1.165, 1.54) is 19.3 Å². The van der Waals surface area contributed by atoms with Gasteiger partial charge in [-0.25, -0.2) is 0 Å². The zero-order chi connectivity index (χ0) is 11.4. The van der Waals surface area contributed by atoms with Crippen LogP contribution in [0.2, 0.25) is 0 Å². The Kier molecular flexibility index (Phi) is 3.99. The number of halogens is 1. The van der Waals surface area contributed by atoms with Crippen molar-refractivity contribution in [1.29, 1.82) is 0 Å². The van der Waals surface area contributed by atoms with Crippen molar-refractivity contribution in [1.82, 2.24) is 0 Å². The van der Waals surface area contributed by atoms with Gasteiger partial charge < -0.3 is 4.74 Å². The molecule has 86 valence electrons. The Morgan fingerprint density at radius 2 is 2.00 bits per heavy atom. The molecule has 16 heavy (non-hydrogen) atoms. The Morgan fingerprint density at radius 1 is 1.25 bits per heavy atom. The number of benzene rings is 1. The molecule has 0 spiro atoms. The lowest BCUT2D eigenvalue weighted by Crippen LogP contribution is -2.20. The Hall–Kier alpha value is -0.830. The Bertz CT molecular complexity index is 370.